The van der Waals surface area contributed by atoms with E-state index in [2.05, 4.69) is 29.8 Å². The van der Waals surface area contributed by atoms with Crippen molar-refractivity contribution in [1.29, 1.82) is 0 Å². The second-order valence-electron chi connectivity index (χ2n) is 3.79. The molecule has 13 heavy (non-hydrogen) atoms. The molecular weight excluding hydrogens is 178 g/mol. The first kappa shape index (κ1) is 9.22. The summed E-state index contributed by atoms with van der Waals surface area (Å²) in [4.78, 5) is 1.50. The Balaban J connectivity index is 1.60. The van der Waals surface area contributed by atoms with Crippen molar-refractivity contribution in [3.8, 4) is 0 Å². The molecule has 1 aromatic heterocycles. The van der Waals surface area contributed by atoms with Gasteiger partial charge in [-0.1, -0.05) is 19.4 Å². The van der Waals surface area contributed by atoms with Crippen LogP contribution in [0.3, 0.4) is 0 Å². The van der Waals surface area contributed by atoms with Crippen LogP contribution in [0.2, 0.25) is 0 Å². The van der Waals surface area contributed by atoms with Crippen LogP contribution >= 0.6 is 11.3 Å². The zero-order valence-corrected chi connectivity index (χ0v) is 8.94. The van der Waals surface area contributed by atoms with Gasteiger partial charge in [-0.2, -0.15) is 0 Å². The molecule has 72 valence electrons. The van der Waals surface area contributed by atoms with Crippen LogP contribution in [0.25, 0.3) is 0 Å². The molecule has 0 aliphatic heterocycles. The standard InChI is InChI=1S/C11H17NS/c1-2-9-8-11(9)12-6-5-10-4-3-7-13-10/h3-4,7,9,11-12H,2,5-6,8H2,1H3. The highest BCUT2D eigenvalue weighted by Crippen LogP contribution is 2.32. The van der Waals surface area contributed by atoms with Crippen LogP contribution in [-0.4, -0.2) is 12.6 Å². The van der Waals surface area contributed by atoms with Crippen molar-refractivity contribution < 1.29 is 0 Å². The Kier molecular flexibility index (Phi) is 3.01. The highest BCUT2D eigenvalue weighted by Gasteiger charge is 2.34. The molecule has 0 spiro atoms. The van der Waals surface area contributed by atoms with E-state index in [1.807, 2.05) is 11.3 Å². The van der Waals surface area contributed by atoms with Crippen molar-refractivity contribution in [3.05, 3.63) is 22.4 Å². The van der Waals surface area contributed by atoms with Crippen molar-refractivity contribution in [2.45, 2.75) is 32.2 Å². The van der Waals surface area contributed by atoms with Crippen molar-refractivity contribution in [3.63, 3.8) is 0 Å². The van der Waals surface area contributed by atoms with E-state index in [-0.39, 0.29) is 0 Å². The summed E-state index contributed by atoms with van der Waals surface area (Å²) < 4.78 is 0. The fourth-order valence-corrected chi connectivity index (χ4v) is 2.49. The van der Waals surface area contributed by atoms with Gasteiger partial charge in [0.25, 0.3) is 0 Å². The molecule has 0 bridgehead atoms. The lowest BCUT2D eigenvalue weighted by atomic mass is 10.3. The third-order valence-electron chi connectivity index (χ3n) is 2.80. The quantitative estimate of drug-likeness (QED) is 0.761. The summed E-state index contributed by atoms with van der Waals surface area (Å²) in [6, 6.07) is 5.19. The summed E-state index contributed by atoms with van der Waals surface area (Å²) in [7, 11) is 0. The van der Waals surface area contributed by atoms with Gasteiger partial charge < -0.3 is 5.32 Å². The number of hydrogen-bond donors (Lipinski definition) is 1. The molecule has 0 saturated heterocycles. The average Bonchev–Trinajstić information content (AvgIpc) is 2.69. The molecule has 2 atom stereocenters. The molecule has 1 aromatic rings. The first-order valence-electron chi connectivity index (χ1n) is 5.16. The first-order valence-corrected chi connectivity index (χ1v) is 6.04. The van der Waals surface area contributed by atoms with E-state index in [1.165, 1.54) is 24.1 Å². The fourth-order valence-electron chi connectivity index (χ4n) is 1.78. The summed E-state index contributed by atoms with van der Waals surface area (Å²) in [6.45, 7) is 3.44. The molecule has 1 heterocycles. The third kappa shape index (κ3) is 2.55. The molecule has 0 radical (unpaired) electrons. The van der Waals surface area contributed by atoms with Crippen LogP contribution in [0.15, 0.2) is 17.5 Å². The van der Waals surface area contributed by atoms with Crippen molar-refractivity contribution in [2.24, 2.45) is 5.92 Å². The molecule has 1 aliphatic carbocycles. The molecule has 1 N–H and O–H groups in total. The van der Waals surface area contributed by atoms with Gasteiger partial charge in [0.2, 0.25) is 0 Å². The lowest BCUT2D eigenvalue weighted by molar-refractivity contribution is 0.625. The van der Waals surface area contributed by atoms with E-state index in [1.54, 1.807) is 0 Å². The minimum atomic E-state index is 0.838. The van der Waals surface area contributed by atoms with E-state index < -0.39 is 0 Å². The highest BCUT2D eigenvalue weighted by molar-refractivity contribution is 7.09. The molecule has 0 amide bonds. The van der Waals surface area contributed by atoms with E-state index in [4.69, 9.17) is 0 Å². The molecule has 2 rings (SSSR count). The van der Waals surface area contributed by atoms with Crippen LogP contribution in [0.5, 0.6) is 0 Å². The maximum atomic E-state index is 3.60. The van der Waals surface area contributed by atoms with E-state index in [9.17, 15) is 0 Å². The molecule has 0 aromatic carbocycles. The fraction of sp³-hybridized carbons (Fsp3) is 0.636. The second-order valence-corrected chi connectivity index (χ2v) is 4.83. The van der Waals surface area contributed by atoms with Crippen LogP contribution < -0.4 is 5.32 Å². The molecule has 2 unspecified atom stereocenters. The topological polar surface area (TPSA) is 12.0 Å². The molecule has 1 nitrogen and oxygen atoms in total. The highest BCUT2D eigenvalue weighted by atomic mass is 32.1. The predicted octanol–water partition coefficient (Wildman–Crippen LogP) is 2.68. The van der Waals surface area contributed by atoms with E-state index >= 15 is 0 Å². The van der Waals surface area contributed by atoms with Gasteiger partial charge in [-0.3, -0.25) is 0 Å². The minimum absolute atomic E-state index is 0.838. The summed E-state index contributed by atoms with van der Waals surface area (Å²) in [5.41, 5.74) is 0. The SMILES string of the molecule is CCC1CC1NCCc1cccs1. The van der Waals surface area contributed by atoms with Gasteiger partial charge in [-0.25, -0.2) is 0 Å². The number of hydrogen-bond acceptors (Lipinski definition) is 2. The van der Waals surface area contributed by atoms with Gasteiger partial charge in [-0.15, -0.1) is 11.3 Å². The number of nitrogens with one attached hydrogen (secondary N) is 1. The maximum Gasteiger partial charge on any atom is 0.00991 e. The van der Waals surface area contributed by atoms with Crippen LogP contribution in [0.4, 0.5) is 0 Å². The average molecular weight is 195 g/mol. The van der Waals surface area contributed by atoms with Crippen molar-refractivity contribution >= 4 is 11.3 Å². The van der Waals surface area contributed by atoms with Gasteiger partial charge in [0.1, 0.15) is 0 Å². The molecule has 1 fully saturated rings. The van der Waals surface area contributed by atoms with E-state index in [0.717, 1.165) is 18.5 Å². The first-order chi connectivity index (χ1) is 6.40. The zero-order valence-electron chi connectivity index (χ0n) is 8.12. The zero-order chi connectivity index (χ0) is 9.10. The Morgan fingerprint density at radius 2 is 2.54 bits per heavy atom. The summed E-state index contributed by atoms with van der Waals surface area (Å²) >= 11 is 1.86. The monoisotopic (exact) mass is 195 g/mol. The summed E-state index contributed by atoms with van der Waals surface area (Å²) in [6.07, 6.45) is 3.95. The van der Waals surface area contributed by atoms with Crippen LogP contribution in [0.1, 0.15) is 24.6 Å². The largest absolute Gasteiger partial charge is 0.313 e. The van der Waals surface area contributed by atoms with Crippen LogP contribution in [-0.2, 0) is 6.42 Å². The van der Waals surface area contributed by atoms with E-state index in [0.29, 0.717) is 0 Å². The Morgan fingerprint density at radius 1 is 1.62 bits per heavy atom. The number of rotatable bonds is 5. The lowest BCUT2D eigenvalue weighted by Gasteiger charge is -2.01. The maximum absolute atomic E-state index is 3.60. The van der Waals surface area contributed by atoms with Gasteiger partial charge in [0, 0.05) is 17.5 Å². The smallest absolute Gasteiger partial charge is 0.00991 e. The minimum Gasteiger partial charge on any atom is -0.313 e. The Morgan fingerprint density at radius 3 is 3.15 bits per heavy atom. The van der Waals surface area contributed by atoms with Gasteiger partial charge in [-0.05, 0) is 30.2 Å². The Labute approximate surface area is 84.2 Å². The molecule has 1 aliphatic rings. The second kappa shape index (κ2) is 4.25. The molecule has 2 heteroatoms. The van der Waals surface area contributed by atoms with Gasteiger partial charge >= 0.3 is 0 Å². The predicted molar refractivity (Wildman–Crippen MR) is 58.2 cm³/mol. The van der Waals surface area contributed by atoms with Crippen LogP contribution in [0, 0.1) is 5.92 Å². The number of thiophene rings is 1. The Bertz CT molecular complexity index is 243. The third-order valence-corrected chi connectivity index (χ3v) is 3.74. The normalized spacial score (nSPS) is 26.2. The summed E-state index contributed by atoms with van der Waals surface area (Å²) in [5.74, 6) is 0.975. The van der Waals surface area contributed by atoms with Crippen molar-refractivity contribution in [2.75, 3.05) is 6.54 Å². The van der Waals surface area contributed by atoms with Gasteiger partial charge in [0.15, 0.2) is 0 Å². The molecule has 1 saturated carbocycles. The molecular formula is C11H17NS. The van der Waals surface area contributed by atoms with Gasteiger partial charge in [0.05, 0.1) is 0 Å². The van der Waals surface area contributed by atoms with Crippen molar-refractivity contribution in [1.82, 2.24) is 5.32 Å². The lowest BCUT2D eigenvalue weighted by Crippen LogP contribution is -2.20. The Hall–Kier alpha value is -0.340. The summed E-state index contributed by atoms with van der Waals surface area (Å²) in [5, 5.41) is 5.76.